The summed E-state index contributed by atoms with van der Waals surface area (Å²) in [6.45, 7) is 2.75. The number of rotatable bonds is 5. The number of nitrogens with zero attached hydrogens (tertiary/aromatic N) is 3. The van der Waals surface area contributed by atoms with Crippen molar-refractivity contribution in [2.45, 2.75) is 57.0 Å². The lowest BCUT2D eigenvalue weighted by molar-refractivity contribution is 0.344. The molecular weight excluding hydrogens is 294 g/mol. The molecule has 3 N–H and O–H groups in total. The topological polar surface area (TPSA) is 76.7 Å². The number of hydrogen-bond donors (Lipinski definition) is 2. The summed E-state index contributed by atoms with van der Waals surface area (Å²) >= 11 is 1.68. The Morgan fingerprint density at radius 2 is 2.05 bits per heavy atom. The second kappa shape index (κ2) is 5.59. The molecule has 2 heterocycles. The van der Waals surface area contributed by atoms with Crippen LogP contribution in [-0.2, 0) is 6.54 Å². The van der Waals surface area contributed by atoms with Crippen LogP contribution in [0.25, 0.3) is 0 Å². The van der Waals surface area contributed by atoms with Gasteiger partial charge in [-0.15, -0.1) is 11.3 Å². The average Bonchev–Trinajstić information content (AvgIpc) is 3.24. The van der Waals surface area contributed by atoms with Gasteiger partial charge in [-0.3, -0.25) is 0 Å². The van der Waals surface area contributed by atoms with E-state index in [9.17, 15) is 0 Å². The molecule has 2 aliphatic carbocycles. The van der Waals surface area contributed by atoms with Crippen LogP contribution < -0.4 is 11.1 Å². The molecule has 0 aliphatic heterocycles. The highest BCUT2D eigenvalue weighted by atomic mass is 32.1. The number of hydrogen-bond acceptors (Lipinski definition) is 6. The maximum absolute atomic E-state index is 5.93. The second-order valence-corrected chi connectivity index (χ2v) is 7.51. The maximum atomic E-state index is 5.93. The molecule has 0 amide bonds. The summed E-state index contributed by atoms with van der Waals surface area (Å²) in [4.78, 5) is 14.0. The van der Waals surface area contributed by atoms with Crippen molar-refractivity contribution in [3.8, 4) is 0 Å². The van der Waals surface area contributed by atoms with Crippen molar-refractivity contribution < 1.29 is 0 Å². The first-order chi connectivity index (χ1) is 10.7. The van der Waals surface area contributed by atoms with Crippen LogP contribution in [0.15, 0.2) is 11.4 Å². The van der Waals surface area contributed by atoms with Gasteiger partial charge < -0.3 is 11.1 Å². The molecule has 2 aromatic rings. The number of thiazole rings is 1. The predicted molar refractivity (Wildman–Crippen MR) is 88.1 cm³/mol. The summed E-state index contributed by atoms with van der Waals surface area (Å²) in [7, 11) is 0. The largest absolute Gasteiger partial charge is 0.364 e. The van der Waals surface area contributed by atoms with Gasteiger partial charge >= 0.3 is 0 Å². The Morgan fingerprint density at radius 1 is 1.23 bits per heavy atom. The van der Waals surface area contributed by atoms with Crippen LogP contribution in [-0.4, -0.2) is 21.0 Å². The quantitative estimate of drug-likeness (QED) is 0.887. The first-order valence-corrected chi connectivity index (χ1v) is 8.84. The number of nitrogens with one attached hydrogen (secondary N) is 1. The van der Waals surface area contributed by atoms with Gasteiger partial charge in [0.05, 0.1) is 17.2 Å². The molecular formula is C16H21N5S. The highest BCUT2D eigenvalue weighted by Crippen LogP contribution is 2.41. The van der Waals surface area contributed by atoms with Crippen molar-refractivity contribution in [2.24, 2.45) is 5.73 Å². The van der Waals surface area contributed by atoms with E-state index in [0.717, 1.165) is 47.4 Å². The van der Waals surface area contributed by atoms with Crippen molar-refractivity contribution in [3.05, 3.63) is 33.7 Å². The lowest BCUT2D eigenvalue weighted by Crippen LogP contribution is -2.35. The van der Waals surface area contributed by atoms with Crippen molar-refractivity contribution in [1.82, 2.24) is 15.0 Å². The lowest BCUT2D eigenvalue weighted by atomic mass is 9.78. The molecule has 0 aromatic carbocycles. The molecule has 116 valence electrons. The van der Waals surface area contributed by atoms with Gasteiger partial charge in [-0.25, -0.2) is 15.0 Å². The first-order valence-electron chi connectivity index (χ1n) is 7.96. The molecule has 22 heavy (non-hydrogen) atoms. The molecule has 0 unspecified atom stereocenters. The Kier molecular flexibility index (Phi) is 3.58. The van der Waals surface area contributed by atoms with Crippen molar-refractivity contribution in [2.75, 3.05) is 5.32 Å². The minimum Gasteiger partial charge on any atom is -0.364 e. The number of aromatic nitrogens is 3. The van der Waals surface area contributed by atoms with Gasteiger partial charge in [0, 0.05) is 35.0 Å². The second-order valence-electron chi connectivity index (χ2n) is 6.45. The highest BCUT2D eigenvalue weighted by Gasteiger charge is 2.32. The van der Waals surface area contributed by atoms with Gasteiger partial charge in [0.2, 0.25) is 0 Å². The third kappa shape index (κ3) is 2.98. The van der Waals surface area contributed by atoms with Crippen LogP contribution in [0.4, 0.5) is 5.82 Å². The molecule has 2 saturated carbocycles. The summed E-state index contributed by atoms with van der Waals surface area (Å²) in [5.74, 6) is 3.02. The normalized spacial score (nSPS) is 24.1. The molecule has 0 spiro atoms. The van der Waals surface area contributed by atoms with E-state index >= 15 is 0 Å². The van der Waals surface area contributed by atoms with Crippen LogP contribution in [0.1, 0.15) is 59.7 Å². The smallest absolute Gasteiger partial charge is 0.134 e. The maximum Gasteiger partial charge on any atom is 0.134 e. The number of aryl methyl sites for hydroxylation is 1. The van der Waals surface area contributed by atoms with E-state index in [0.29, 0.717) is 17.9 Å². The molecule has 2 fully saturated rings. The Balaban J connectivity index is 1.52. The minimum atomic E-state index is 0.346. The zero-order valence-electron chi connectivity index (χ0n) is 12.7. The van der Waals surface area contributed by atoms with Crippen LogP contribution in [0.2, 0.25) is 0 Å². The van der Waals surface area contributed by atoms with Gasteiger partial charge in [-0.1, -0.05) is 0 Å². The standard InChI is InChI=1S/C16H21N5S/c1-9-19-13(8-22-9)7-18-15-6-14(11-4-12(17)5-11)20-16(21-15)10-2-3-10/h6,8,10-12H,2-5,7,17H2,1H3,(H,18,20,21). The Labute approximate surface area is 134 Å². The molecule has 0 radical (unpaired) electrons. The highest BCUT2D eigenvalue weighted by molar-refractivity contribution is 7.09. The van der Waals surface area contributed by atoms with E-state index in [1.54, 1.807) is 11.3 Å². The zero-order valence-corrected chi connectivity index (χ0v) is 13.6. The van der Waals surface area contributed by atoms with E-state index in [4.69, 9.17) is 15.7 Å². The summed E-state index contributed by atoms with van der Waals surface area (Å²) in [6.07, 6.45) is 4.54. The molecule has 4 rings (SSSR count). The Bertz CT molecular complexity index is 673. The molecule has 0 saturated heterocycles. The number of nitrogens with two attached hydrogens (primary N) is 1. The molecule has 6 heteroatoms. The van der Waals surface area contributed by atoms with E-state index in [1.807, 2.05) is 6.92 Å². The lowest BCUT2D eigenvalue weighted by Gasteiger charge is -2.32. The summed E-state index contributed by atoms with van der Waals surface area (Å²) in [5, 5.41) is 6.61. The molecule has 0 atom stereocenters. The van der Waals surface area contributed by atoms with Crippen LogP contribution >= 0.6 is 11.3 Å². The van der Waals surface area contributed by atoms with E-state index in [2.05, 4.69) is 21.7 Å². The monoisotopic (exact) mass is 315 g/mol. The zero-order chi connectivity index (χ0) is 15.1. The van der Waals surface area contributed by atoms with Gasteiger partial charge in [0.25, 0.3) is 0 Å². The third-order valence-corrected chi connectivity index (χ3v) is 5.24. The Morgan fingerprint density at radius 3 is 2.68 bits per heavy atom. The molecule has 2 aromatic heterocycles. The summed E-state index contributed by atoms with van der Waals surface area (Å²) in [6, 6.07) is 2.44. The van der Waals surface area contributed by atoms with Crippen molar-refractivity contribution >= 4 is 17.2 Å². The Hall–Kier alpha value is -1.53. The van der Waals surface area contributed by atoms with E-state index in [-0.39, 0.29) is 0 Å². The summed E-state index contributed by atoms with van der Waals surface area (Å²) in [5.41, 5.74) is 8.16. The summed E-state index contributed by atoms with van der Waals surface area (Å²) < 4.78 is 0. The van der Waals surface area contributed by atoms with Crippen LogP contribution in [0, 0.1) is 6.92 Å². The fourth-order valence-corrected chi connectivity index (χ4v) is 3.50. The minimum absolute atomic E-state index is 0.346. The van der Waals surface area contributed by atoms with Crippen LogP contribution in [0.5, 0.6) is 0 Å². The first kappa shape index (κ1) is 14.1. The van der Waals surface area contributed by atoms with E-state index in [1.165, 1.54) is 12.8 Å². The third-order valence-electron chi connectivity index (χ3n) is 4.42. The van der Waals surface area contributed by atoms with Gasteiger partial charge in [-0.05, 0) is 32.6 Å². The fourth-order valence-electron chi connectivity index (χ4n) is 2.88. The molecule has 0 bridgehead atoms. The van der Waals surface area contributed by atoms with Gasteiger partial charge in [-0.2, -0.15) is 0 Å². The average molecular weight is 315 g/mol. The predicted octanol–water partition coefficient (Wildman–Crippen LogP) is 2.94. The SMILES string of the molecule is Cc1nc(CNc2cc(C3CC(N)C3)nc(C3CC3)n2)cs1. The van der Waals surface area contributed by atoms with Gasteiger partial charge in [0.1, 0.15) is 11.6 Å². The molecule has 2 aliphatic rings. The molecule has 5 nitrogen and oxygen atoms in total. The van der Waals surface area contributed by atoms with Crippen LogP contribution in [0.3, 0.4) is 0 Å². The fraction of sp³-hybridized carbons (Fsp3) is 0.562. The van der Waals surface area contributed by atoms with Crippen molar-refractivity contribution in [3.63, 3.8) is 0 Å². The van der Waals surface area contributed by atoms with Gasteiger partial charge in [0.15, 0.2) is 0 Å². The van der Waals surface area contributed by atoms with Crippen molar-refractivity contribution in [1.29, 1.82) is 0 Å². The number of anilines is 1. The van der Waals surface area contributed by atoms with E-state index < -0.39 is 0 Å².